The second kappa shape index (κ2) is 5.07. The number of hydrogen-bond acceptors (Lipinski definition) is 3. The highest BCUT2D eigenvalue weighted by molar-refractivity contribution is 5.82. The van der Waals surface area contributed by atoms with E-state index in [-0.39, 0.29) is 11.8 Å². The van der Waals surface area contributed by atoms with E-state index in [0.717, 1.165) is 0 Å². The fraction of sp³-hybridized carbons (Fsp3) is 0.417. The van der Waals surface area contributed by atoms with E-state index >= 15 is 0 Å². The third-order valence-electron chi connectivity index (χ3n) is 2.55. The summed E-state index contributed by atoms with van der Waals surface area (Å²) in [5.41, 5.74) is -0.250. The average Bonchev–Trinajstić information content (AvgIpc) is 2.29. The highest BCUT2D eigenvalue weighted by Crippen LogP contribution is 2.22. The van der Waals surface area contributed by atoms with E-state index in [1.807, 2.05) is 6.92 Å². The molecular formula is C12H16FNO2. The minimum absolute atomic E-state index is 0.326. The van der Waals surface area contributed by atoms with Crippen molar-refractivity contribution >= 4 is 5.97 Å². The van der Waals surface area contributed by atoms with E-state index in [2.05, 4.69) is 5.32 Å². The monoisotopic (exact) mass is 225 g/mol. The van der Waals surface area contributed by atoms with Crippen LogP contribution < -0.4 is 5.32 Å². The molecule has 0 spiro atoms. The summed E-state index contributed by atoms with van der Waals surface area (Å²) in [5, 5.41) is 3.05. The molecule has 0 saturated heterocycles. The highest BCUT2D eigenvalue weighted by Gasteiger charge is 2.35. The molecule has 0 radical (unpaired) electrons. The Morgan fingerprint density at radius 1 is 1.44 bits per heavy atom. The highest BCUT2D eigenvalue weighted by atomic mass is 19.1. The van der Waals surface area contributed by atoms with Crippen LogP contribution in [-0.2, 0) is 15.1 Å². The largest absolute Gasteiger partial charge is 0.467 e. The maximum Gasteiger partial charge on any atom is 0.330 e. The van der Waals surface area contributed by atoms with Crippen molar-refractivity contribution in [2.45, 2.75) is 19.4 Å². The predicted octanol–water partition coefficient (Wildman–Crippen LogP) is 1.82. The van der Waals surface area contributed by atoms with E-state index in [1.165, 1.54) is 19.2 Å². The topological polar surface area (TPSA) is 38.3 Å². The number of carbonyl (C=O) groups is 1. The Hall–Kier alpha value is -1.42. The van der Waals surface area contributed by atoms with Gasteiger partial charge in [0.1, 0.15) is 11.4 Å². The van der Waals surface area contributed by atoms with Gasteiger partial charge in [-0.25, -0.2) is 9.18 Å². The van der Waals surface area contributed by atoms with Crippen molar-refractivity contribution in [3.8, 4) is 0 Å². The Kier molecular flexibility index (Phi) is 4.01. The number of hydrogen-bond donors (Lipinski definition) is 1. The van der Waals surface area contributed by atoms with Crippen LogP contribution in [0.15, 0.2) is 24.3 Å². The number of likely N-dealkylation sites (N-methyl/N-ethyl adjacent to an activating group) is 1. The first-order valence-electron chi connectivity index (χ1n) is 5.14. The van der Waals surface area contributed by atoms with E-state index in [0.29, 0.717) is 12.1 Å². The van der Waals surface area contributed by atoms with Crippen LogP contribution in [0.4, 0.5) is 4.39 Å². The zero-order chi connectivity index (χ0) is 12.2. The van der Waals surface area contributed by atoms with Crippen LogP contribution >= 0.6 is 0 Å². The quantitative estimate of drug-likeness (QED) is 0.794. The second-order valence-corrected chi connectivity index (χ2v) is 3.65. The molecule has 0 fully saturated rings. The van der Waals surface area contributed by atoms with Crippen LogP contribution in [0.1, 0.15) is 19.4 Å². The fourth-order valence-electron chi connectivity index (χ4n) is 1.63. The molecule has 0 saturated carbocycles. The van der Waals surface area contributed by atoms with Crippen LogP contribution in [-0.4, -0.2) is 19.6 Å². The second-order valence-electron chi connectivity index (χ2n) is 3.65. The summed E-state index contributed by atoms with van der Waals surface area (Å²) in [4.78, 5) is 11.7. The van der Waals surface area contributed by atoms with Gasteiger partial charge in [-0.2, -0.15) is 0 Å². The van der Waals surface area contributed by atoms with E-state index in [9.17, 15) is 9.18 Å². The van der Waals surface area contributed by atoms with E-state index < -0.39 is 5.54 Å². The van der Waals surface area contributed by atoms with Crippen molar-refractivity contribution in [1.29, 1.82) is 0 Å². The first-order valence-corrected chi connectivity index (χ1v) is 5.14. The van der Waals surface area contributed by atoms with Crippen LogP contribution in [0.3, 0.4) is 0 Å². The summed E-state index contributed by atoms with van der Waals surface area (Å²) in [6, 6.07) is 5.81. The Labute approximate surface area is 94.6 Å². The molecule has 0 amide bonds. The lowest BCUT2D eigenvalue weighted by molar-refractivity contribution is -0.148. The molecule has 0 aromatic heterocycles. The van der Waals surface area contributed by atoms with Crippen molar-refractivity contribution in [3.05, 3.63) is 35.6 Å². The van der Waals surface area contributed by atoms with Gasteiger partial charge in [-0.15, -0.1) is 0 Å². The van der Waals surface area contributed by atoms with Gasteiger partial charge in [0.05, 0.1) is 7.11 Å². The molecule has 1 unspecified atom stereocenters. The number of rotatable bonds is 4. The maximum atomic E-state index is 12.8. The molecule has 4 heteroatoms. The first kappa shape index (κ1) is 12.6. The Bertz CT molecular complexity index is 364. The molecule has 1 N–H and O–H groups in total. The van der Waals surface area contributed by atoms with Gasteiger partial charge in [0.2, 0.25) is 0 Å². The van der Waals surface area contributed by atoms with Crippen LogP contribution in [0, 0.1) is 5.82 Å². The number of carbonyl (C=O) groups excluding carboxylic acids is 1. The SMILES string of the molecule is CCNC(C)(C(=O)OC)c1ccc(F)cc1. The molecule has 16 heavy (non-hydrogen) atoms. The molecule has 1 aromatic carbocycles. The van der Waals surface area contributed by atoms with E-state index in [1.54, 1.807) is 19.1 Å². The molecule has 1 rings (SSSR count). The van der Waals surface area contributed by atoms with Crippen molar-refractivity contribution in [2.24, 2.45) is 0 Å². The molecule has 88 valence electrons. The van der Waals surface area contributed by atoms with Gasteiger partial charge in [-0.1, -0.05) is 19.1 Å². The lowest BCUT2D eigenvalue weighted by Gasteiger charge is -2.27. The standard InChI is InChI=1S/C12H16FNO2/c1-4-14-12(2,11(15)16-3)9-5-7-10(13)8-6-9/h5-8,14H,4H2,1-3H3. The molecule has 3 nitrogen and oxygen atoms in total. The molecular weight excluding hydrogens is 209 g/mol. The molecule has 1 aromatic rings. The van der Waals surface area contributed by atoms with Gasteiger partial charge >= 0.3 is 5.97 Å². The molecule has 0 bridgehead atoms. The average molecular weight is 225 g/mol. The van der Waals surface area contributed by atoms with E-state index in [4.69, 9.17) is 4.74 Å². The number of esters is 1. The lowest BCUT2D eigenvalue weighted by Crippen LogP contribution is -2.47. The maximum absolute atomic E-state index is 12.8. The third kappa shape index (κ3) is 2.39. The van der Waals surface area contributed by atoms with Gasteiger partial charge in [-0.3, -0.25) is 5.32 Å². The van der Waals surface area contributed by atoms with Gasteiger partial charge in [0, 0.05) is 0 Å². The molecule has 1 atom stereocenters. The van der Waals surface area contributed by atoms with Gasteiger partial charge in [0.25, 0.3) is 0 Å². The summed E-state index contributed by atoms with van der Waals surface area (Å²) < 4.78 is 17.6. The zero-order valence-electron chi connectivity index (χ0n) is 9.71. The number of halogens is 1. The minimum atomic E-state index is -0.933. The van der Waals surface area contributed by atoms with Gasteiger partial charge in [0.15, 0.2) is 0 Å². The van der Waals surface area contributed by atoms with Crippen molar-refractivity contribution in [2.75, 3.05) is 13.7 Å². The molecule has 0 aliphatic heterocycles. The smallest absolute Gasteiger partial charge is 0.330 e. The van der Waals surface area contributed by atoms with Crippen molar-refractivity contribution in [3.63, 3.8) is 0 Å². The Morgan fingerprint density at radius 3 is 2.44 bits per heavy atom. The van der Waals surface area contributed by atoms with Crippen molar-refractivity contribution < 1.29 is 13.9 Å². The van der Waals surface area contributed by atoms with Crippen LogP contribution in [0.25, 0.3) is 0 Å². The number of methoxy groups -OCH3 is 1. The van der Waals surface area contributed by atoms with Gasteiger partial charge in [-0.05, 0) is 31.2 Å². The molecule has 0 heterocycles. The summed E-state index contributed by atoms with van der Waals surface area (Å²) in [6.07, 6.45) is 0. The van der Waals surface area contributed by atoms with Crippen LogP contribution in [0.5, 0.6) is 0 Å². The number of nitrogens with one attached hydrogen (secondary N) is 1. The van der Waals surface area contributed by atoms with Gasteiger partial charge < -0.3 is 4.74 Å². The Morgan fingerprint density at radius 2 is 2.00 bits per heavy atom. The summed E-state index contributed by atoms with van der Waals surface area (Å²) in [5.74, 6) is -0.714. The molecule has 0 aliphatic rings. The third-order valence-corrected chi connectivity index (χ3v) is 2.55. The number of ether oxygens (including phenoxy) is 1. The van der Waals surface area contributed by atoms with Crippen LogP contribution in [0.2, 0.25) is 0 Å². The molecule has 0 aliphatic carbocycles. The summed E-state index contributed by atoms with van der Waals surface area (Å²) in [7, 11) is 1.33. The lowest BCUT2D eigenvalue weighted by atomic mass is 9.92. The summed E-state index contributed by atoms with van der Waals surface area (Å²) >= 11 is 0. The predicted molar refractivity (Wildman–Crippen MR) is 59.4 cm³/mol. The Balaban J connectivity index is 3.10. The van der Waals surface area contributed by atoms with Crippen molar-refractivity contribution in [1.82, 2.24) is 5.32 Å². The first-order chi connectivity index (χ1) is 7.54. The number of benzene rings is 1. The minimum Gasteiger partial charge on any atom is -0.467 e. The summed E-state index contributed by atoms with van der Waals surface area (Å²) in [6.45, 7) is 4.23. The zero-order valence-corrected chi connectivity index (χ0v) is 9.71. The fourth-order valence-corrected chi connectivity index (χ4v) is 1.63. The normalized spacial score (nSPS) is 14.2.